The molecular weight excluding hydrogens is 166 g/mol. The van der Waals surface area contributed by atoms with Gasteiger partial charge in [0, 0.05) is 18.6 Å². The van der Waals surface area contributed by atoms with Crippen molar-refractivity contribution in [2.75, 3.05) is 13.1 Å². The van der Waals surface area contributed by atoms with Gasteiger partial charge in [0.1, 0.15) is 0 Å². The van der Waals surface area contributed by atoms with Gasteiger partial charge >= 0.3 is 6.03 Å². The van der Waals surface area contributed by atoms with Crippen LogP contribution in [0.1, 0.15) is 26.7 Å². The molecule has 0 heterocycles. The van der Waals surface area contributed by atoms with Crippen LogP contribution in [0.4, 0.5) is 4.79 Å². The van der Waals surface area contributed by atoms with Crippen LogP contribution in [0, 0.1) is 5.92 Å². The largest absolute Gasteiger partial charge is 0.338 e. The van der Waals surface area contributed by atoms with Crippen LogP contribution >= 0.6 is 0 Å². The Hall–Kier alpha value is -0.770. The summed E-state index contributed by atoms with van der Waals surface area (Å²) in [6.07, 6.45) is 2.05. The molecule has 0 radical (unpaired) electrons. The molecule has 1 aliphatic carbocycles. The number of carbonyl (C=O) groups excluding carboxylic acids is 1. The number of nitrogens with one attached hydrogen (secondary N) is 2. The number of carbonyl (C=O) groups is 1. The van der Waals surface area contributed by atoms with Crippen molar-refractivity contribution in [1.82, 2.24) is 10.6 Å². The van der Waals surface area contributed by atoms with E-state index < -0.39 is 0 Å². The number of nitrogens with two attached hydrogens (primary N) is 1. The Morgan fingerprint density at radius 2 is 2.08 bits per heavy atom. The van der Waals surface area contributed by atoms with Crippen molar-refractivity contribution in [3.05, 3.63) is 0 Å². The molecule has 4 heteroatoms. The van der Waals surface area contributed by atoms with E-state index in [9.17, 15) is 4.79 Å². The van der Waals surface area contributed by atoms with E-state index in [0.29, 0.717) is 19.0 Å². The van der Waals surface area contributed by atoms with Crippen LogP contribution in [0.25, 0.3) is 0 Å². The molecule has 0 bridgehead atoms. The fourth-order valence-corrected chi connectivity index (χ4v) is 0.953. The van der Waals surface area contributed by atoms with E-state index in [-0.39, 0.29) is 11.6 Å². The minimum absolute atomic E-state index is 0.102. The molecule has 1 rings (SSSR count). The minimum Gasteiger partial charge on any atom is -0.338 e. The zero-order valence-electron chi connectivity index (χ0n) is 8.39. The summed E-state index contributed by atoms with van der Waals surface area (Å²) in [5, 5.41) is 5.54. The first kappa shape index (κ1) is 10.3. The molecule has 1 fully saturated rings. The van der Waals surface area contributed by atoms with Crippen molar-refractivity contribution >= 4 is 6.03 Å². The van der Waals surface area contributed by atoms with Gasteiger partial charge in [-0.2, -0.15) is 0 Å². The fourth-order valence-electron chi connectivity index (χ4n) is 0.953. The Kier molecular flexibility index (Phi) is 3.14. The van der Waals surface area contributed by atoms with Gasteiger partial charge in [0.15, 0.2) is 0 Å². The first-order chi connectivity index (χ1) is 6.02. The molecule has 0 aliphatic heterocycles. The highest BCUT2D eigenvalue weighted by Crippen LogP contribution is 2.30. The van der Waals surface area contributed by atoms with Gasteiger partial charge in [0.25, 0.3) is 0 Å². The molecule has 4 N–H and O–H groups in total. The Balaban J connectivity index is 2.04. The van der Waals surface area contributed by atoms with Gasteiger partial charge in [-0.05, 0) is 18.8 Å². The summed E-state index contributed by atoms with van der Waals surface area (Å²) < 4.78 is 0. The SMILES string of the molecule is CC(C)CNC(=O)NCC1(N)CC1. The summed E-state index contributed by atoms with van der Waals surface area (Å²) in [5.74, 6) is 0.485. The molecular formula is C9H19N3O. The van der Waals surface area contributed by atoms with Gasteiger partial charge in [0.2, 0.25) is 0 Å². The second-order valence-corrected chi connectivity index (χ2v) is 4.32. The lowest BCUT2D eigenvalue weighted by atomic mass is 10.2. The average molecular weight is 185 g/mol. The summed E-state index contributed by atoms with van der Waals surface area (Å²) in [7, 11) is 0. The number of hydrogen-bond donors (Lipinski definition) is 3. The molecule has 1 aliphatic rings. The van der Waals surface area contributed by atoms with Crippen LogP contribution in [-0.2, 0) is 0 Å². The number of urea groups is 1. The Bertz CT molecular complexity index is 187. The molecule has 4 nitrogen and oxygen atoms in total. The zero-order valence-corrected chi connectivity index (χ0v) is 8.39. The van der Waals surface area contributed by atoms with Crippen molar-refractivity contribution in [3.63, 3.8) is 0 Å². The van der Waals surface area contributed by atoms with Crippen LogP contribution in [-0.4, -0.2) is 24.7 Å². The summed E-state index contributed by atoms with van der Waals surface area (Å²) in [5.41, 5.74) is 5.71. The van der Waals surface area contributed by atoms with Gasteiger partial charge in [0.05, 0.1) is 0 Å². The fraction of sp³-hybridized carbons (Fsp3) is 0.889. The minimum atomic E-state index is -0.106. The predicted molar refractivity (Wildman–Crippen MR) is 52.4 cm³/mol. The Morgan fingerprint density at radius 3 is 2.54 bits per heavy atom. The molecule has 76 valence electrons. The van der Waals surface area contributed by atoms with Crippen LogP contribution in [0.15, 0.2) is 0 Å². The topological polar surface area (TPSA) is 67.2 Å². The molecule has 1 saturated carbocycles. The Labute approximate surface area is 79.3 Å². The lowest BCUT2D eigenvalue weighted by molar-refractivity contribution is 0.238. The van der Waals surface area contributed by atoms with E-state index in [0.717, 1.165) is 12.8 Å². The van der Waals surface area contributed by atoms with Crippen molar-refractivity contribution in [2.45, 2.75) is 32.2 Å². The lowest BCUT2D eigenvalue weighted by Crippen LogP contribution is -2.44. The van der Waals surface area contributed by atoms with Crippen molar-refractivity contribution < 1.29 is 4.79 Å². The standard InChI is InChI=1S/C9H19N3O/c1-7(2)5-11-8(13)12-6-9(10)3-4-9/h7H,3-6,10H2,1-2H3,(H2,11,12,13). The van der Waals surface area contributed by atoms with E-state index in [1.165, 1.54) is 0 Å². The molecule has 0 spiro atoms. The molecule has 2 amide bonds. The normalized spacial score (nSPS) is 18.5. The van der Waals surface area contributed by atoms with E-state index in [1.807, 2.05) is 0 Å². The van der Waals surface area contributed by atoms with Crippen LogP contribution in [0.2, 0.25) is 0 Å². The van der Waals surface area contributed by atoms with Gasteiger partial charge in [-0.15, -0.1) is 0 Å². The highest BCUT2D eigenvalue weighted by atomic mass is 16.2. The van der Waals surface area contributed by atoms with Crippen molar-refractivity contribution in [2.24, 2.45) is 11.7 Å². The smallest absolute Gasteiger partial charge is 0.314 e. The van der Waals surface area contributed by atoms with Gasteiger partial charge in [-0.1, -0.05) is 13.8 Å². The number of hydrogen-bond acceptors (Lipinski definition) is 2. The van der Waals surface area contributed by atoms with Gasteiger partial charge in [-0.3, -0.25) is 0 Å². The molecule has 0 aromatic rings. The third-order valence-corrected chi connectivity index (χ3v) is 2.16. The van der Waals surface area contributed by atoms with E-state index in [1.54, 1.807) is 0 Å². The average Bonchev–Trinajstić information content (AvgIpc) is 2.77. The third kappa shape index (κ3) is 4.12. The number of amides is 2. The maximum Gasteiger partial charge on any atom is 0.314 e. The highest BCUT2D eigenvalue weighted by Gasteiger charge is 2.38. The maximum atomic E-state index is 11.1. The quantitative estimate of drug-likeness (QED) is 0.594. The molecule has 0 aromatic heterocycles. The summed E-state index contributed by atoms with van der Waals surface area (Å²) in [6.45, 7) is 5.43. The predicted octanol–water partition coefficient (Wildman–Crippen LogP) is 0.433. The van der Waals surface area contributed by atoms with E-state index in [4.69, 9.17) is 5.73 Å². The van der Waals surface area contributed by atoms with Crippen LogP contribution < -0.4 is 16.4 Å². The molecule has 13 heavy (non-hydrogen) atoms. The van der Waals surface area contributed by atoms with Gasteiger partial charge in [-0.25, -0.2) is 4.79 Å². The van der Waals surface area contributed by atoms with Crippen molar-refractivity contribution in [1.29, 1.82) is 0 Å². The molecule has 0 unspecified atom stereocenters. The van der Waals surface area contributed by atoms with E-state index in [2.05, 4.69) is 24.5 Å². The second-order valence-electron chi connectivity index (χ2n) is 4.32. The van der Waals surface area contributed by atoms with Crippen LogP contribution in [0.5, 0.6) is 0 Å². The molecule has 0 atom stereocenters. The number of rotatable bonds is 4. The first-order valence-corrected chi connectivity index (χ1v) is 4.82. The van der Waals surface area contributed by atoms with Crippen molar-refractivity contribution in [3.8, 4) is 0 Å². The summed E-state index contributed by atoms with van der Waals surface area (Å²) >= 11 is 0. The zero-order chi connectivity index (χ0) is 9.90. The lowest BCUT2D eigenvalue weighted by Gasteiger charge is -2.12. The maximum absolute atomic E-state index is 11.1. The summed E-state index contributed by atoms with van der Waals surface area (Å²) in [6, 6.07) is -0.106. The monoisotopic (exact) mass is 185 g/mol. The highest BCUT2D eigenvalue weighted by molar-refractivity contribution is 5.73. The summed E-state index contributed by atoms with van der Waals surface area (Å²) in [4.78, 5) is 11.1. The Morgan fingerprint density at radius 1 is 1.46 bits per heavy atom. The first-order valence-electron chi connectivity index (χ1n) is 4.82. The second kappa shape index (κ2) is 3.96. The molecule has 0 saturated heterocycles. The van der Waals surface area contributed by atoms with Gasteiger partial charge < -0.3 is 16.4 Å². The van der Waals surface area contributed by atoms with E-state index >= 15 is 0 Å². The molecule has 0 aromatic carbocycles. The third-order valence-electron chi connectivity index (χ3n) is 2.16. The van der Waals surface area contributed by atoms with Crippen LogP contribution in [0.3, 0.4) is 0 Å².